The number of benzene rings is 2. The zero-order valence-corrected chi connectivity index (χ0v) is 14.9. The second kappa shape index (κ2) is 7.99. The van der Waals surface area contributed by atoms with E-state index >= 15 is 0 Å². The van der Waals surface area contributed by atoms with Gasteiger partial charge in [0, 0.05) is 24.8 Å². The Labute approximate surface area is 156 Å². The Balaban J connectivity index is 1.60. The minimum absolute atomic E-state index is 0.0591. The van der Waals surface area contributed by atoms with Gasteiger partial charge in [-0.15, -0.1) is 0 Å². The summed E-state index contributed by atoms with van der Waals surface area (Å²) >= 11 is 0. The lowest BCUT2D eigenvalue weighted by molar-refractivity contribution is -0.138. The van der Waals surface area contributed by atoms with Gasteiger partial charge in [0.25, 0.3) is 5.91 Å². The average Bonchev–Trinajstić information content (AvgIpc) is 2.89. The predicted octanol–water partition coefficient (Wildman–Crippen LogP) is 2.57. The molecular weight excluding hydrogens is 349 g/mol. The lowest BCUT2D eigenvalue weighted by atomic mass is 10.1. The topological polar surface area (TPSA) is 78.5 Å². The van der Waals surface area contributed by atoms with Crippen LogP contribution in [0.15, 0.2) is 48.5 Å². The Hall–Kier alpha value is -3.22. The van der Waals surface area contributed by atoms with Crippen LogP contribution in [0.3, 0.4) is 0 Å². The van der Waals surface area contributed by atoms with Gasteiger partial charge in [-0.25, -0.2) is 4.39 Å². The molecule has 6 nitrogen and oxygen atoms in total. The number of nitrogens with one attached hydrogen (secondary N) is 2. The van der Waals surface area contributed by atoms with Crippen LogP contribution in [-0.2, 0) is 20.8 Å². The molecule has 1 saturated heterocycles. The van der Waals surface area contributed by atoms with Gasteiger partial charge in [0.05, 0.1) is 6.42 Å². The van der Waals surface area contributed by atoms with E-state index in [1.54, 1.807) is 42.5 Å². The highest BCUT2D eigenvalue weighted by Gasteiger charge is 2.38. The zero-order valence-electron chi connectivity index (χ0n) is 14.9. The van der Waals surface area contributed by atoms with Crippen LogP contribution in [-0.4, -0.2) is 35.2 Å². The fraction of sp³-hybridized carbons (Fsp3) is 0.250. The van der Waals surface area contributed by atoms with Crippen LogP contribution in [0.1, 0.15) is 18.9 Å². The molecule has 3 amide bonds. The van der Waals surface area contributed by atoms with Gasteiger partial charge in [0.2, 0.25) is 11.8 Å². The Bertz CT molecular complexity index is 867. The second-order valence-electron chi connectivity index (χ2n) is 6.38. The van der Waals surface area contributed by atoms with Crippen LogP contribution < -0.4 is 10.6 Å². The highest BCUT2D eigenvalue weighted by Crippen LogP contribution is 2.21. The maximum Gasteiger partial charge on any atom is 0.252 e. The number of hydrogen-bond acceptors (Lipinski definition) is 4. The summed E-state index contributed by atoms with van der Waals surface area (Å²) in [5, 5.41) is 5.70. The van der Waals surface area contributed by atoms with Crippen molar-refractivity contribution >= 4 is 29.1 Å². The third kappa shape index (κ3) is 4.49. The molecule has 1 aliphatic rings. The molecule has 0 spiro atoms. The SMILES string of the molecule is CC(=O)Nc1ccc(N[C@H]2CC(=O)N(CCc3ccccc3F)C2=O)cc1. The van der Waals surface area contributed by atoms with Gasteiger partial charge in [-0.05, 0) is 42.3 Å². The Kier molecular flexibility index (Phi) is 5.49. The van der Waals surface area contributed by atoms with Crippen LogP contribution >= 0.6 is 0 Å². The number of halogens is 1. The number of imide groups is 1. The molecular formula is C20H20FN3O3. The number of likely N-dealkylation sites (tertiary alicyclic amines) is 1. The van der Waals surface area contributed by atoms with Crippen molar-refractivity contribution in [3.05, 3.63) is 59.9 Å². The summed E-state index contributed by atoms with van der Waals surface area (Å²) < 4.78 is 13.7. The predicted molar refractivity (Wildman–Crippen MR) is 99.6 cm³/mol. The van der Waals surface area contributed by atoms with E-state index in [9.17, 15) is 18.8 Å². The fourth-order valence-corrected chi connectivity index (χ4v) is 3.02. The summed E-state index contributed by atoms with van der Waals surface area (Å²) in [6.07, 6.45) is 0.339. The van der Waals surface area contributed by atoms with Crippen molar-refractivity contribution in [1.82, 2.24) is 4.90 Å². The summed E-state index contributed by atoms with van der Waals surface area (Å²) in [6, 6.07) is 12.6. The summed E-state index contributed by atoms with van der Waals surface area (Å²) in [6.45, 7) is 1.57. The van der Waals surface area contributed by atoms with Crippen LogP contribution in [0.25, 0.3) is 0 Å². The van der Waals surface area contributed by atoms with Crippen LogP contribution in [0.2, 0.25) is 0 Å². The molecule has 1 fully saturated rings. The van der Waals surface area contributed by atoms with E-state index in [2.05, 4.69) is 10.6 Å². The monoisotopic (exact) mass is 369 g/mol. The lowest BCUT2D eigenvalue weighted by Gasteiger charge is -2.16. The van der Waals surface area contributed by atoms with Gasteiger partial charge in [-0.3, -0.25) is 19.3 Å². The Morgan fingerprint density at radius 2 is 1.78 bits per heavy atom. The Morgan fingerprint density at radius 1 is 1.11 bits per heavy atom. The molecule has 2 aromatic rings. The summed E-state index contributed by atoms with van der Waals surface area (Å²) in [5.74, 6) is -1.10. The van der Waals surface area contributed by atoms with Crippen molar-refractivity contribution in [2.45, 2.75) is 25.8 Å². The van der Waals surface area contributed by atoms with E-state index < -0.39 is 6.04 Å². The van der Waals surface area contributed by atoms with Crippen molar-refractivity contribution in [3.63, 3.8) is 0 Å². The third-order valence-electron chi connectivity index (χ3n) is 4.35. The fourth-order valence-electron chi connectivity index (χ4n) is 3.02. The lowest BCUT2D eigenvalue weighted by Crippen LogP contribution is -2.36. The molecule has 0 aliphatic carbocycles. The zero-order chi connectivity index (χ0) is 19.4. The van der Waals surface area contributed by atoms with Crippen LogP contribution in [0.4, 0.5) is 15.8 Å². The van der Waals surface area contributed by atoms with Gasteiger partial charge in [0.15, 0.2) is 0 Å². The first kappa shape index (κ1) is 18.6. The van der Waals surface area contributed by atoms with Crippen molar-refractivity contribution in [2.24, 2.45) is 0 Å². The van der Waals surface area contributed by atoms with Crippen molar-refractivity contribution in [3.8, 4) is 0 Å². The normalized spacial score (nSPS) is 16.5. The van der Waals surface area contributed by atoms with E-state index in [1.165, 1.54) is 17.9 Å². The highest BCUT2D eigenvalue weighted by molar-refractivity contribution is 6.06. The number of carbonyl (C=O) groups excluding carboxylic acids is 3. The molecule has 0 radical (unpaired) electrons. The molecule has 7 heteroatoms. The molecule has 27 heavy (non-hydrogen) atoms. The molecule has 1 aliphatic heterocycles. The standard InChI is InChI=1S/C20H20FN3O3/c1-13(25)22-15-6-8-16(9-7-15)23-18-12-19(26)24(20(18)27)11-10-14-4-2-3-5-17(14)21/h2-9,18,23H,10-12H2,1H3,(H,22,25)/t18-/m0/s1. The van der Waals surface area contributed by atoms with Gasteiger partial charge in [0.1, 0.15) is 11.9 Å². The van der Waals surface area contributed by atoms with E-state index in [-0.39, 0.29) is 42.9 Å². The largest absolute Gasteiger partial charge is 0.373 e. The molecule has 0 unspecified atom stereocenters. The first-order chi connectivity index (χ1) is 12.9. The van der Waals surface area contributed by atoms with Gasteiger partial charge < -0.3 is 10.6 Å². The average molecular weight is 369 g/mol. The molecule has 0 bridgehead atoms. The molecule has 3 rings (SSSR count). The molecule has 1 atom stereocenters. The molecule has 0 saturated carbocycles. The minimum Gasteiger partial charge on any atom is -0.373 e. The molecule has 2 aromatic carbocycles. The number of hydrogen-bond donors (Lipinski definition) is 2. The Morgan fingerprint density at radius 3 is 2.44 bits per heavy atom. The summed E-state index contributed by atoms with van der Waals surface area (Å²) in [4.78, 5) is 36.9. The first-order valence-electron chi connectivity index (χ1n) is 8.66. The summed E-state index contributed by atoms with van der Waals surface area (Å²) in [7, 11) is 0. The quantitative estimate of drug-likeness (QED) is 0.767. The highest BCUT2D eigenvalue weighted by atomic mass is 19.1. The second-order valence-corrected chi connectivity index (χ2v) is 6.38. The maximum atomic E-state index is 13.7. The molecule has 140 valence electrons. The van der Waals surface area contributed by atoms with E-state index in [1.807, 2.05) is 0 Å². The van der Waals surface area contributed by atoms with E-state index in [0.29, 0.717) is 16.9 Å². The van der Waals surface area contributed by atoms with Crippen molar-refractivity contribution in [2.75, 3.05) is 17.2 Å². The number of carbonyl (C=O) groups is 3. The number of nitrogens with zero attached hydrogens (tertiary/aromatic N) is 1. The number of amides is 3. The first-order valence-corrected chi connectivity index (χ1v) is 8.66. The number of rotatable bonds is 6. The minimum atomic E-state index is -0.648. The third-order valence-corrected chi connectivity index (χ3v) is 4.35. The molecule has 2 N–H and O–H groups in total. The summed E-state index contributed by atoms with van der Waals surface area (Å²) in [5.41, 5.74) is 1.79. The van der Waals surface area contributed by atoms with Gasteiger partial charge >= 0.3 is 0 Å². The maximum absolute atomic E-state index is 13.7. The van der Waals surface area contributed by atoms with Crippen molar-refractivity contribution < 1.29 is 18.8 Å². The van der Waals surface area contributed by atoms with Crippen molar-refractivity contribution in [1.29, 1.82) is 0 Å². The smallest absolute Gasteiger partial charge is 0.252 e. The van der Waals surface area contributed by atoms with Crippen LogP contribution in [0, 0.1) is 5.82 Å². The van der Waals surface area contributed by atoms with Gasteiger partial charge in [-0.2, -0.15) is 0 Å². The van der Waals surface area contributed by atoms with E-state index in [4.69, 9.17) is 0 Å². The van der Waals surface area contributed by atoms with E-state index in [0.717, 1.165) is 0 Å². The molecule has 1 heterocycles. The van der Waals surface area contributed by atoms with Gasteiger partial charge in [-0.1, -0.05) is 18.2 Å². The molecule has 0 aromatic heterocycles. The number of anilines is 2. The van der Waals surface area contributed by atoms with Crippen LogP contribution in [0.5, 0.6) is 0 Å².